The molecule has 2 N–H and O–H groups in total. The van der Waals surface area contributed by atoms with Gasteiger partial charge in [-0.25, -0.2) is 4.79 Å². The number of aliphatic carboxylic acids is 1. The van der Waals surface area contributed by atoms with Crippen molar-refractivity contribution in [2.75, 3.05) is 55.1 Å². The summed E-state index contributed by atoms with van der Waals surface area (Å²) in [6.07, 6.45) is -0.659. The van der Waals surface area contributed by atoms with Crippen LogP contribution in [0.25, 0.3) is 0 Å². The van der Waals surface area contributed by atoms with Crippen LogP contribution in [0.1, 0.15) is 17.5 Å². The number of anilines is 2. The lowest BCUT2D eigenvalue weighted by atomic mass is 10.1. The largest absolute Gasteiger partial charge is 0.481 e. The number of halogens is 3. The highest BCUT2D eigenvalue weighted by molar-refractivity contribution is 7.99. The summed E-state index contributed by atoms with van der Waals surface area (Å²) in [6, 6.07) is 5.41. The SMILES string of the molecule is CSNc1ccn(C(=O)N2CCN(Cc3cc(N4CCC(C(=O)O)C4)cc(C(F)(F)F)c3)CC2)n1. The molecule has 1 atom stereocenters. The standard InChI is InChI=1S/C22H27F3N6O3S/c1-35-27-19-3-5-31(26-19)21(34)29-8-6-28(7-9-29)13-15-10-17(22(23,24)25)12-18(11-15)30-4-2-16(14-30)20(32)33/h3,5,10-12,16H,2,4,6-9,13-14H2,1H3,(H,26,27)(H,32,33). The first-order chi connectivity index (χ1) is 16.6. The fourth-order valence-corrected chi connectivity index (χ4v) is 4.72. The number of carbonyl (C=O) groups excluding carboxylic acids is 1. The smallest absolute Gasteiger partial charge is 0.416 e. The third kappa shape index (κ3) is 6.01. The molecule has 0 bridgehead atoms. The van der Waals surface area contributed by atoms with Gasteiger partial charge < -0.3 is 19.6 Å². The summed E-state index contributed by atoms with van der Waals surface area (Å²) in [5.41, 5.74) is 0.153. The lowest BCUT2D eigenvalue weighted by molar-refractivity contribution is -0.141. The van der Waals surface area contributed by atoms with Gasteiger partial charge in [0.25, 0.3) is 0 Å². The number of amides is 1. The van der Waals surface area contributed by atoms with Crippen LogP contribution >= 0.6 is 11.9 Å². The van der Waals surface area contributed by atoms with Gasteiger partial charge in [-0.2, -0.15) is 17.9 Å². The highest BCUT2D eigenvalue weighted by Gasteiger charge is 2.34. The van der Waals surface area contributed by atoms with E-state index < -0.39 is 23.6 Å². The number of hydrogen-bond acceptors (Lipinski definition) is 7. The summed E-state index contributed by atoms with van der Waals surface area (Å²) < 4.78 is 45.0. The fourth-order valence-electron chi connectivity index (χ4n) is 4.40. The van der Waals surface area contributed by atoms with Crippen molar-refractivity contribution in [3.63, 3.8) is 0 Å². The van der Waals surface area contributed by atoms with E-state index in [0.717, 1.165) is 12.1 Å². The Hall–Kier alpha value is -2.93. The van der Waals surface area contributed by atoms with Gasteiger partial charge in [-0.3, -0.25) is 9.69 Å². The number of nitrogens with zero attached hydrogens (tertiary/aromatic N) is 5. The van der Waals surface area contributed by atoms with Crippen LogP contribution < -0.4 is 9.62 Å². The van der Waals surface area contributed by atoms with Crippen LogP contribution in [-0.2, 0) is 17.5 Å². The maximum absolute atomic E-state index is 13.6. The molecule has 2 fully saturated rings. The predicted molar refractivity (Wildman–Crippen MR) is 126 cm³/mol. The first-order valence-corrected chi connectivity index (χ1v) is 12.4. The van der Waals surface area contributed by atoms with Gasteiger partial charge in [0.15, 0.2) is 5.82 Å². The molecule has 9 nitrogen and oxygen atoms in total. The summed E-state index contributed by atoms with van der Waals surface area (Å²) in [7, 11) is 0. The summed E-state index contributed by atoms with van der Waals surface area (Å²) >= 11 is 1.37. The topological polar surface area (TPSA) is 93.9 Å². The average Bonchev–Trinajstić information content (AvgIpc) is 3.49. The molecular formula is C22H27F3N6O3S. The van der Waals surface area contributed by atoms with Crippen molar-refractivity contribution in [1.29, 1.82) is 0 Å². The number of aromatic nitrogens is 2. The number of carboxylic acid groups (broad SMARTS) is 1. The molecule has 1 aromatic heterocycles. The maximum Gasteiger partial charge on any atom is 0.416 e. The summed E-state index contributed by atoms with van der Waals surface area (Å²) in [6.45, 7) is 2.79. The van der Waals surface area contributed by atoms with Gasteiger partial charge in [-0.15, -0.1) is 5.10 Å². The first kappa shape index (κ1) is 25.2. The van der Waals surface area contributed by atoms with Crippen molar-refractivity contribution in [1.82, 2.24) is 19.6 Å². The van der Waals surface area contributed by atoms with Crippen LogP contribution in [0.3, 0.4) is 0 Å². The molecular weight excluding hydrogens is 485 g/mol. The Labute approximate surface area is 205 Å². The Bertz CT molecular complexity index is 1070. The Morgan fingerprint density at radius 3 is 2.54 bits per heavy atom. The molecule has 13 heteroatoms. The number of carboxylic acids is 1. The zero-order chi connectivity index (χ0) is 25.2. The van der Waals surface area contributed by atoms with E-state index in [2.05, 4.69) is 9.82 Å². The van der Waals surface area contributed by atoms with Gasteiger partial charge in [-0.1, -0.05) is 11.9 Å². The molecule has 0 aliphatic carbocycles. The van der Waals surface area contributed by atoms with Crippen molar-refractivity contribution in [3.8, 4) is 0 Å². The van der Waals surface area contributed by atoms with E-state index in [1.165, 1.54) is 16.6 Å². The Morgan fingerprint density at radius 1 is 1.17 bits per heavy atom. The molecule has 0 saturated carbocycles. The zero-order valence-corrected chi connectivity index (χ0v) is 20.0. The van der Waals surface area contributed by atoms with E-state index >= 15 is 0 Å². The second kappa shape index (κ2) is 10.4. The highest BCUT2D eigenvalue weighted by Crippen LogP contribution is 2.35. The van der Waals surface area contributed by atoms with Gasteiger partial charge in [0.2, 0.25) is 0 Å². The second-order valence-electron chi connectivity index (χ2n) is 8.65. The van der Waals surface area contributed by atoms with Crippen LogP contribution in [-0.4, -0.2) is 82.2 Å². The number of rotatable bonds is 6. The molecule has 3 heterocycles. The fraction of sp³-hybridized carbons (Fsp3) is 0.500. The molecule has 2 aliphatic heterocycles. The van der Waals surface area contributed by atoms with Crippen molar-refractivity contribution >= 4 is 35.5 Å². The van der Waals surface area contributed by atoms with Crippen molar-refractivity contribution < 1.29 is 27.9 Å². The number of nitrogens with one attached hydrogen (secondary N) is 1. The number of hydrogen-bond donors (Lipinski definition) is 2. The predicted octanol–water partition coefficient (Wildman–Crippen LogP) is 3.29. The third-order valence-corrected chi connectivity index (χ3v) is 6.66. The van der Waals surface area contributed by atoms with Crippen LogP contribution in [0.5, 0.6) is 0 Å². The number of piperazine rings is 1. The van der Waals surface area contributed by atoms with Crippen LogP contribution in [0.15, 0.2) is 30.5 Å². The van der Waals surface area contributed by atoms with Gasteiger partial charge in [0, 0.05) is 70.0 Å². The van der Waals surface area contributed by atoms with Crippen LogP contribution in [0, 0.1) is 5.92 Å². The van der Waals surface area contributed by atoms with Gasteiger partial charge in [-0.05, 0) is 30.2 Å². The molecule has 2 saturated heterocycles. The lowest BCUT2D eigenvalue weighted by Gasteiger charge is -2.34. The second-order valence-corrected chi connectivity index (χ2v) is 9.27. The molecule has 190 valence electrons. The lowest BCUT2D eigenvalue weighted by Crippen LogP contribution is -2.49. The summed E-state index contributed by atoms with van der Waals surface area (Å²) in [4.78, 5) is 29.4. The Balaban J connectivity index is 1.41. The zero-order valence-electron chi connectivity index (χ0n) is 19.2. The summed E-state index contributed by atoms with van der Waals surface area (Å²) in [5, 5.41) is 13.4. The van der Waals surface area contributed by atoms with Crippen LogP contribution in [0.4, 0.5) is 29.5 Å². The molecule has 1 unspecified atom stereocenters. The van der Waals surface area contributed by atoms with Crippen LogP contribution in [0.2, 0.25) is 0 Å². The number of alkyl halides is 3. The third-order valence-electron chi connectivity index (χ3n) is 6.25. The van der Waals surface area contributed by atoms with E-state index in [0.29, 0.717) is 62.8 Å². The molecule has 35 heavy (non-hydrogen) atoms. The van der Waals surface area contributed by atoms with E-state index in [1.54, 1.807) is 28.1 Å². The minimum atomic E-state index is -4.50. The van der Waals surface area contributed by atoms with Gasteiger partial charge in [0.05, 0.1) is 11.5 Å². The van der Waals surface area contributed by atoms with Crippen molar-refractivity contribution in [2.24, 2.45) is 5.92 Å². The average molecular weight is 513 g/mol. The first-order valence-electron chi connectivity index (χ1n) is 11.2. The van der Waals surface area contributed by atoms with Crippen molar-refractivity contribution in [3.05, 3.63) is 41.6 Å². The Morgan fingerprint density at radius 2 is 1.91 bits per heavy atom. The molecule has 4 rings (SSSR count). The minimum absolute atomic E-state index is 0.193. The Kier molecular flexibility index (Phi) is 7.45. The van der Waals surface area contributed by atoms with Gasteiger partial charge >= 0.3 is 18.2 Å². The molecule has 0 spiro atoms. The maximum atomic E-state index is 13.6. The highest BCUT2D eigenvalue weighted by atomic mass is 32.2. The quantitative estimate of drug-likeness (QED) is 0.570. The molecule has 1 aromatic carbocycles. The number of benzene rings is 1. The molecule has 2 aromatic rings. The van der Waals surface area contributed by atoms with E-state index in [9.17, 15) is 27.9 Å². The monoisotopic (exact) mass is 512 g/mol. The van der Waals surface area contributed by atoms with Crippen molar-refractivity contribution in [2.45, 2.75) is 19.1 Å². The normalized spacial score (nSPS) is 19.3. The molecule has 0 radical (unpaired) electrons. The summed E-state index contributed by atoms with van der Waals surface area (Å²) in [5.74, 6) is -0.933. The van der Waals surface area contributed by atoms with Gasteiger partial charge in [0.1, 0.15) is 0 Å². The van der Waals surface area contributed by atoms with E-state index in [-0.39, 0.29) is 12.6 Å². The molecule has 2 aliphatic rings. The van der Waals surface area contributed by atoms with E-state index in [1.807, 2.05) is 11.2 Å². The molecule has 1 amide bonds. The minimum Gasteiger partial charge on any atom is -0.481 e. The number of carbonyl (C=O) groups is 2. The van der Waals surface area contributed by atoms with E-state index in [4.69, 9.17) is 0 Å².